The molecule has 0 unspecified atom stereocenters. The molecule has 33 heavy (non-hydrogen) atoms. The van der Waals surface area contributed by atoms with Crippen molar-refractivity contribution < 1.29 is 14.3 Å². The van der Waals surface area contributed by atoms with Crippen molar-refractivity contribution in [1.82, 2.24) is 14.7 Å². The largest absolute Gasteiger partial charge is 0.456 e. The molecule has 2 aromatic heterocycles. The van der Waals surface area contributed by atoms with Crippen molar-refractivity contribution in [2.24, 2.45) is 0 Å². The van der Waals surface area contributed by atoms with Crippen LogP contribution in [0.15, 0.2) is 51.6 Å². The first-order valence-corrected chi connectivity index (χ1v) is 13.1. The maximum atomic E-state index is 12.7. The predicted octanol–water partition coefficient (Wildman–Crippen LogP) is 4.43. The minimum absolute atomic E-state index is 0.0114. The Labute approximate surface area is 200 Å². The Morgan fingerprint density at radius 2 is 1.91 bits per heavy atom. The van der Waals surface area contributed by atoms with Gasteiger partial charge in [0.2, 0.25) is 5.91 Å². The lowest BCUT2D eigenvalue weighted by molar-refractivity contribution is -0.119. The molecule has 0 bridgehead atoms. The Kier molecular flexibility index (Phi) is 8.17. The van der Waals surface area contributed by atoms with Crippen LogP contribution in [0.2, 0.25) is 0 Å². The van der Waals surface area contributed by atoms with Crippen molar-refractivity contribution in [3.63, 3.8) is 0 Å². The highest BCUT2D eigenvalue weighted by atomic mass is 32.2. The van der Waals surface area contributed by atoms with Crippen molar-refractivity contribution >= 4 is 39.9 Å². The smallest absolute Gasteiger partial charge is 0.339 e. The zero-order valence-electron chi connectivity index (χ0n) is 18.3. The summed E-state index contributed by atoms with van der Waals surface area (Å²) in [6.07, 6.45) is 9.82. The number of esters is 1. The zero-order chi connectivity index (χ0) is 23.0. The third kappa shape index (κ3) is 6.45. The fourth-order valence-corrected chi connectivity index (χ4v) is 5.54. The van der Waals surface area contributed by atoms with Gasteiger partial charge in [-0.25, -0.2) is 9.78 Å². The van der Waals surface area contributed by atoms with Gasteiger partial charge in [-0.15, -0.1) is 23.1 Å². The van der Waals surface area contributed by atoms with Crippen molar-refractivity contribution in [3.8, 4) is 0 Å². The molecule has 4 rings (SSSR count). The van der Waals surface area contributed by atoms with Gasteiger partial charge in [0, 0.05) is 28.6 Å². The number of fused-ring (bicyclic) bond motifs is 1. The summed E-state index contributed by atoms with van der Waals surface area (Å²) in [5.41, 5.74) is 0.591. The minimum Gasteiger partial charge on any atom is -0.456 e. The van der Waals surface area contributed by atoms with Crippen LogP contribution in [0, 0.1) is 0 Å². The Morgan fingerprint density at radius 3 is 2.73 bits per heavy atom. The molecule has 0 atom stereocenters. The van der Waals surface area contributed by atoms with E-state index in [0.717, 1.165) is 25.7 Å². The fraction of sp³-hybridized carbons (Fsp3) is 0.417. The molecule has 1 aromatic carbocycles. The Morgan fingerprint density at radius 1 is 1.15 bits per heavy atom. The molecule has 1 N–H and O–H groups in total. The van der Waals surface area contributed by atoms with E-state index in [1.807, 2.05) is 12.1 Å². The monoisotopic (exact) mass is 485 g/mol. The molecule has 174 valence electrons. The molecule has 2 heterocycles. The summed E-state index contributed by atoms with van der Waals surface area (Å²) >= 11 is 2.67. The topological polar surface area (TPSA) is 89.8 Å². The number of aromatic nitrogens is 2. The number of hydrogen-bond acceptors (Lipinski definition) is 7. The van der Waals surface area contributed by atoms with Crippen LogP contribution < -0.4 is 10.9 Å². The highest BCUT2D eigenvalue weighted by Crippen LogP contribution is 2.24. The third-order valence-corrected chi connectivity index (χ3v) is 7.47. The van der Waals surface area contributed by atoms with Crippen LogP contribution in [0.25, 0.3) is 4.96 Å². The number of nitrogens with one attached hydrogen (secondary N) is 1. The molecule has 1 fully saturated rings. The van der Waals surface area contributed by atoms with Crippen LogP contribution in [0.1, 0.15) is 61.0 Å². The van der Waals surface area contributed by atoms with E-state index in [4.69, 9.17) is 4.74 Å². The Balaban J connectivity index is 1.33. The summed E-state index contributed by atoms with van der Waals surface area (Å²) in [7, 11) is 0. The second-order valence-electron chi connectivity index (χ2n) is 8.11. The molecule has 0 aliphatic heterocycles. The number of nitrogens with zero attached hydrogens (tertiary/aromatic N) is 2. The van der Waals surface area contributed by atoms with E-state index in [-0.39, 0.29) is 29.9 Å². The fourth-order valence-electron chi connectivity index (χ4n) is 3.95. The molecule has 9 heteroatoms. The Bertz CT molecular complexity index is 1170. The van der Waals surface area contributed by atoms with Gasteiger partial charge >= 0.3 is 5.97 Å². The quantitative estimate of drug-likeness (QED) is 0.393. The number of ether oxygens (including phenoxy) is 1. The van der Waals surface area contributed by atoms with Gasteiger partial charge in [0.05, 0.1) is 17.0 Å². The van der Waals surface area contributed by atoms with Crippen molar-refractivity contribution in [1.29, 1.82) is 0 Å². The zero-order valence-corrected chi connectivity index (χ0v) is 20.0. The maximum absolute atomic E-state index is 12.7. The summed E-state index contributed by atoms with van der Waals surface area (Å²) in [6.45, 7) is -0.0936. The average Bonchev–Trinajstić information content (AvgIpc) is 3.27. The molecule has 0 spiro atoms. The van der Waals surface area contributed by atoms with Gasteiger partial charge in [0.15, 0.2) is 4.96 Å². The van der Waals surface area contributed by atoms with Gasteiger partial charge in [-0.3, -0.25) is 14.0 Å². The minimum atomic E-state index is -0.508. The van der Waals surface area contributed by atoms with E-state index in [1.54, 1.807) is 23.7 Å². The molecule has 1 aliphatic carbocycles. The number of benzene rings is 1. The van der Waals surface area contributed by atoms with Gasteiger partial charge in [-0.2, -0.15) is 0 Å². The summed E-state index contributed by atoms with van der Waals surface area (Å²) in [5.74, 6) is -0.275. The lowest BCUT2D eigenvalue weighted by atomic mass is 9.97. The normalized spacial score (nSPS) is 15.0. The summed E-state index contributed by atoms with van der Waals surface area (Å²) < 4.78 is 6.88. The number of thioether (sulfide) groups is 1. The van der Waals surface area contributed by atoms with Crippen LogP contribution >= 0.6 is 23.1 Å². The van der Waals surface area contributed by atoms with Crippen LogP contribution in [-0.4, -0.2) is 33.1 Å². The Hall–Kier alpha value is -2.65. The lowest BCUT2D eigenvalue weighted by Crippen LogP contribution is -2.36. The number of hydrogen-bond donors (Lipinski definition) is 1. The van der Waals surface area contributed by atoms with Crippen LogP contribution in [0.4, 0.5) is 0 Å². The lowest BCUT2D eigenvalue weighted by Gasteiger charge is -2.21. The predicted molar refractivity (Wildman–Crippen MR) is 130 cm³/mol. The first-order valence-electron chi connectivity index (χ1n) is 11.2. The van der Waals surface area contributed by atoms with Gasteiger partial charge in [-0.1, -0.05) is 44.2 Å². The molecule has 1 amide bonds. The number of rotatable bonds is 7. The second kappa shape index (κ2) is 11.5. The van der Waals surface area contributed by atoms with E-state index in [1.165, 1.54) is 52.8 Å². The van der Waals surface area contributed by atoms with Gasteiger partial charge in [-0.05, 0) is 25.0 Å². The van der Waals surface area contributed by atoms with E-state index in [2.05, 4.69) is 10.3 Å². The van der Waals surface area contributed by atoms with E-state index >= 15 is 0 Å². The van der Waals surface area contributed by atoms with Crippen LogP contribution in [0.3, 0.4) is 0 Å². The van der Waals surface area contributed by atoms with Crippen molar-refractivity contribution in [3.05, 3.63) is 63.5 Å². The molecule has 0 saturated heterocycles. The van der Waals surface area contributed by atoms with Gasteiger partial charge < -0.3 is 10.1 Å². The van der Waals surface area contributed by atoms with E-state index in [9.17, 15) is 14.4 Å². The molecule has 0 radical (unpaired) electrons. The third-order valence-electron chi connectivity index (χ3n) is 5.64. The number of thiazole rings is 1. The summed E-state index contributed by atoms with van der Waals surface area (Å²) in [6, 6.07) is 8.70. The van der Waals surface area contributed by atoms with Crippen LogP contribution in [-0.2, 0) is 16.1 Å². The molecule has 1 saturated carbocycles. The highest BCUT2D eigenvalue weighted by molar-refractivity contribution is 8.00. The first kappa shape index (κ1) is 23.5. The van der Waals surface area contributed by atoms with Gasteiger partial charge in [0.25, 0.3) is 5.56 Å². The molecule has 7 nitrogen and oxygen atoms in total. The van der Waals surface area contributed by atoms with E-state index < -0.39 is 5.97 Å². The highest BCUT2D eigenvalue weighted by Gasteiger charge is 2.17. The second-order valence-corrected chi connectivity index (χ2v) is 10.0. The maximum Gasteiger partial charge on any atom is 0.339 e. The van der Waals surface area contributed by atoms with Crippen LogP contribution in [0.5, 0.6) is 0 Å². The van der Waals surface area contributed by atoms with E-state index in [0.29, 0.717) is 21.1 Å². The molecular weight excluding hydrogens is 458 g/mol. The summed E-state index contributed by atoms with van der Waals surface area (Å²) in [5, 5.41) is 4.93. The van der Waals surface area contributed by atoms with Crippen molar-refractivity contribution in [2.45, 2.75) is 62.5 Å². The molecule has 1 aliphatic rings. The summed E-state index contributed by atoms with van der Waals surface area (Å²) in [4.78, 5) is 42.9. The number of amides is 1. The van der Waals surface area contributed by atoms with Gasteiger partial charge in [0.1, 0.15) is 6.61 Å². The SMILES string of the molecule is O=C(CSc1ccccc1C(=O)OCc1cc(=O)n2ccsc2n1)NC1CCCCCCC1. The standard InChI is InChI=1S/C24H27N3O4S2/c28-21(25-17-8-4-2-1-3-5-9-17)16-33-20-11-7-6-10-19(20)23(30)31-15-18-14-22(29)27-12-13-32-24(27)26-18/h6-7,10-14,17H,1-5,8-9,15-16H2,(H,25,28). The number of carbonyl (C=O) groups excluding carboxylic acids is 2. The number of carbonyl (C=O) groups is 2. The average molecular weight is 486 g/mol. The van der Waals surface area contributed by atoms with Crippen molar-refractivity contribution in [2.75, 3.05) is 5.75 Å². The molecule has 3 aromatic rings. The molecular formula is C24H27N3O4S2. The first-order chi connectivity index (χ1) is 16.1.